The van der Waals surface area contributed by atoms with Crippen molar-refractivity contribution in [3.8, 4) is 6.07 Å². The van der Waals surface area contributed by atoms with E-state index in [1.54, 1.807) is 0 Å². The van der Waals surface area contributed by atoms with Crippen LogP contribution in [0.5, 0.6) is 0 Å². The van der Waals surface area contributed by atoms with Gasteiger partial charge in [0.15, 0.2) is 6.61 Å². The second kappa shape index (κ2) is 7.48. The highest BCUT2D eigenvalue weighted by atomic mass is 32.1. The van der Waals surface area contributed by atoms with E-state index in [-0.39, 0.29) is 12.1 Å². The number of carbonyl (C=O) groups excluding carboxylic acids is 2. The number of carbonyl (C=O) groups is 2. The van der Waals surface area contributed by atoms with E-state index in [9.17, 15) is 19.6 Å². The van der Waals surface area contributed by atoms with Gasteiger partial charge in [-0.2, -0.15) is 5.26 Å². The van der Waals surface area contributed by atoms with Crippen LogP contribution in [0.25, 0.3) is 10.2 Å². The number of nitrogens with zero attached hydrogens (tertiary/aromatic N) is 3. The van der Waals surface area contributed by atoms with Gasteiger partial charge in [0.05, 0.1) is 17.8 Å². The Balaban J connectivity index is 1.61. The summed E-state index contributed by atoms with van der Waals surface area (Å²) in [4.78, 5) is 42.4. The van der Waals surface area contributed by atoms with Gasteiger partial charge in [-0.15, -0.1) is 11.3 Å². The van der Waals surface area contributed by atoms with Gasteiger partial charge >= 0.3 is 5.97 Å². The van der Waals surface area contributed by atoms with Crippen LogP contribution in [0.2, 0.25) is 0 Å². The number of thiophene rings is 1. The van der Waals surface area contributed by atoms with Gasteiger partial charge in [0.1, 0.15) is 16.9 Å². The van der Waals surface area contributed by atoms with Gasteiger partial charge in [0, 0.05) is 4.88 Å². The van der Waals surface area contributed by atoms with Crippen molar-refractivity contribution in [3.05, 3.63) is 27.1 Å². The lowest BCUT2D eigenvalue weighted by molar-refractivity contribution is -0.149. The maximum atomic E-state index is 12.6. The maximum Gasteiger partial charge on any atom is 0.326 e. The van der Waals surface area contributed by atoms with Crippen molar-refractivity contribution in [1.29, 1.82) is 5.26 Å². The molecule has 9 heteroatoms. The summed E-state index contributed by atoms with van der Waals surface area (Å²) in [5.74, 6) is -1.23. The first-order chi connectivity index (χ1) is 12.8. The second-order valence-corrected chi connectivity index (χ2v) is 7.95. The third-order valence-electron chi connectivity index (χ3n) is 4.87. The summed E-state index contributed by atoms with van der Waals surface area (Å²) in [7, 11) is 0. The monoisotopic (exact) mass is 388 g/mol. The van der Waals surface area contributed by atoms with Gasteiger partial charge in [-0.05, 0) is 45.1 Å². The van der Waals surface area contributed by atoms with E-state index in [2.05, 4.69) is 16.4 Å². The highest BCUT2D eigenvalue weighted by molar-refractivity contribution is 7.18. The molecule has 1 aliphatic rings. The fourth-order valence-corrected chi connectivity index (χ4v) is 4.25. The van der Waals surface area contributed by atoms with Crippen LogP contribution in [0, 0.1) is 25.2 Å². The minimum atomic E-state index is -0.857. The summed E-state index contributed by atoms with van der Waals surface area (Å²) in [6.07, 6.45) is 4.28. The van der Waals surface area contributed by atoms with Crippen molar-refractivity contribution in [2.45, 2.75) is 51.6 Å². The molecule has 0 aromatic carbocycles. The number of ether oxygens (including phenoxy) is 1. The van der Waals surface area contributed by atoms with E-state index in [4.69, 9.17) is 4.74 Å². The molecule has 1 saturated carbocycles. The van der Waals surface area contributed by atoms with Crippen molar-refractivity contribution < 1.29 is 14.3 Å². The molecule has 1 amide bonds. The average Bonchev–Trinajstić information content (AvgIpc) is 3.21. The third kappa shape index (κ3) is 3.85. The fourth-order valence-electron chi connectivity index (χ4n) is 3.26. The fraction of sp³-hybridized carbons (Fsp3) is 0.500. The van der Waals surface area contributed by atoms with Crippen LogP contribution in [-0.4, -0.2) is 33.6 Å². The molecule has 0 unspecified atom stereocenters. The molecule has 3 rings (SSSR count). The summed E-state index contributed by atoms with van der Waals surface area (Å²) >= 11 is 1.43. The molecule has 142 valence electrons. The zero-order valence-corrected chi connectivity index (χ0v) is 16.0. The predicted octanol–water partition coefficient (Wildman–Crippen LogP) is 1.57. The van der Waals surface area contributed by atoms with Crippen molar-refractivity contribution in [3.63, 3.8) is 0 Å². The number of aromatic nitrogens is 2. The van der Waals surface area contributed by atoms with E-state index in [1.165, 1.54) is 22.2 Å². The molecule has 0 spiro atoms. The van der Waals surface area contributed by atoms with Crippen LogP contribution in [-0.2, 0) is 20.9 Å². The first kappa shape index (κ1) is 19.0. The molecule has 0 saturated heterocycles. The Hall–Kier alpha value is -2.73. The highest BCUT2D eigenvalue weighted by Gasteiger charge is 2.35. The molecule has 0 aliphatic heterocycles. The van der Waals surface area contributed by atoms with Crippen LogP contribution < -0.4 is 10.9 Å². The van der Waals surface area contributed by atoms with Gasteiger partial charge < -0.3 is 10.1 Å². The van der Waals surface area contributed by atoms with Crippen LogP contribution in [0.15, 0.2) is 11.1 Å². The van der Waals surface area contributed by atoms with Gasteiger partial charge in [0.2, 0.25) is 0 Å². The number of hydrogen-bond donors (Lipinski definition) is 1. The summed E-state index contributed by atoms with van der Waals surface area (Å²) in [6.45, 7) is 2.95. The minimum absolute atomic E-state index is 0.308. The Morgan fingerprint density at radius 2 is 2.11 bits per heavy atom. The van der Waals surface area contributed by atoms with E-state index in [0.717, 1.165) is 23.3 Å². The first-order valence-corrected chi connectivity index (χ1v) is 9.50. The standard InChI is InChI=1S/C18H20N4O4S/c1-11-12(2)27-16-15(11)17(25)22(10-20-16)7-14(24)26-8-13(23)21-18(9-19)5-3-4-6-18/h10H,3-8H2,1-2H3,(H,21,23). The Morgan fingerprint density at radius 1 is 1.41 bits per heavy atom. The van der Waals surface area contributed by atoms with Crippen LogP contribution in [0.3, 0.4) is 0 Å². The minimum Gasteiger partial charge on any atom is -0.454 e. The van der Waals surface area contributed by atoms with Crippen molar-refractivity contribution in [1.82, 2.24) is 14.9 Å². The topological polar surface area (TPSA) is 114 Å². The second-order valence-electron chi connectivity index (χ2n) is 6.75. The molecule has 0 atom stereocenters. The molecule has 1 fully saturated rings. The lowest BCUT2D eigenvalue weighted by Gasteiger charge is -2.21. The summed E-state index contributed by atoms with van der Waals surface area (Å²) in [6, 6.07) is 2.14. The summed E-state index contributed by atoms with van der Waals surface area (Å²) in [5, 5.41) is 12.4. The van der Waals surface area contributed by atoms with E-state index < -0.39 is 24.0 Å². The lowest BCUT2D eigenvalue weighted by atomic mass is 10.00. The normalized spacial score (nSPS) is 15.4. The number of fused-ring (bicyclic) bond motifs is 1. The zero-order valence-electron chi connectivity index (χ0n) is 15.2. The Kier molecular flexibility index (Phi) is 5.28. The molecule has 1 aliphatic carbocycles. The molecular formula is C18H20N4O4S. The quantitative estimate of drug-likeness (QED) is 0.778. The first-order valence-electron chi connectivity index (χ1n) is 8.68. The van der Waals surface area contributed by atoms with Crippen molar-refractivity contribution in [2.24, 2.45) is 0 Å². The van der Waals surface area contributed by atoms with Gasteiger partial charge in [-0.3, -0.25) is 19.0 Å². The molecule has 8 nitrogen and oxygen atoms in total. The summed E-state index contributed by atoms with van der Waals surface area (Å²) in [5.41, 5.74) is -0.311. The average molecular weight is 388 g/mol. The van der Waals surface area contributed by atoms with Crippen LogP contribution >= 0.6 is 11.3 Å². The number of amides is 1. The molecule has 1 N–H and O–H groups in total. The van der Waals surface area contributed by atoms with Gasteiger partial charge in [-0.25, -0.2) is 4.98 Å². The number of rotatable bonds is 5. The SMILES string of the molecule is Cc1sc2ncn(CC(=O)OCC(=O)NC3(C#N)CCCC3)c(=O)c2c1C. The Bertz CT molecular complexity index is 995. The van der Waals surface area contributed by atoms with E-state index in [1.807, 2.05) is 13.8 Å². The van der Waals surface area contributed by atoms with E-state index in [0.29, 0.717) is 23.1 Å². The molecule has 27 heavy (non-hydrogen) atoms. The molecular weight excluding hydrogens is 368 g/mol. The number of nitrogens with one attached hydrogen (secondary N) is 1. The van der Waals surface area contributed by atoms with Crippen molar-refractivity contribution >= 4 is 33.4 Å². The molecule has 0 bridgehead atoms. The molecule has 2 aromatic rings. The summed E-state index contributed by atoms with van der Waals surface area (Å²) < 4.78 is 6.14. The smallest absolute Gasteiger partial charge is 0.326 e. The Labute approximate surface area is 159 Å². The highest BCUT2D eigenvalue weighted by Crippen LogP contribution is 2.28. The molecule has 0 radical (unpaired) electrons. The van der Waals surface area contributed by atoms with Crippen molar-refractivity contribution in [2.75, 3.05) is 6.61 Å². The third-order valence-corrected chi connectivity index (χ3v) is 5.98. The lowest BCUT2D eigenvalue weighted by Crippen LogP contribution is -2.46. The number of aryl methyl sites for hydroxylation is 2. The maximum absolute atomic E-state index is 12.6. The molecule has 2 heterocycles. The van der Waals surface area contributed by atoms with Crippen LogP contribution in [0.4, 0.5) is 0 Å². The predicted molar refractivity (Wildman–Crippen MR) is 99.3 cm³/mol. The number of esters is 1. The molecule has 2 aromatic heterocycles. The van der Waals surface area contributed by atoms with E-state index >= 15 is 0 Å². The van der Waals surface area contributed by atoms with Gasteiger partial charge in [-0.1, -0.05) is 0 Å². The number of nitriles is 1. The Morgan fingerprint density at radius 3 is 2.78 bits per heavy atom. The largest absolute Gasteiger partial charge is 0.454 e. The zero-order chi connectivity index (χ0) is 19.6. The van der Waals surface area contributed by atoms with Gasteiger partial charge in [0.25, 0.3) is 11.5 Å². The van der Waals surface area contributed by atoms with Crippen LogP contribution in [0.1, 0.15) is 36.1 Å². The number of hydrogen-bond acceptors (Lipinski definition) is 7.